The molecule has 1 aromatic carbocycles. The van der Waals surface area contributed by atoms with Crippen LogP contribution >= 0.6 is 0 Å². The molecule has 1 aromatic heterocycles. The highest BCUT2D eigenvalue weighted by Gasteiger charge is 1.98. The van der Waals surface area contributed by atoms with Crippen molar-refractivity contribution in [2.45, 2.75) is 6.54 Å². The number of hydrogen-bond acceptors (Lipinski definition) is 3. The summed E-state index contributed by atoms with van der Waals surface area (Å²) < 4.78 is 0. The highest BCUT2D eigenvalue weighted by atomic mass is 15.2. The lowest BCUT2D eigenvalue weighted by molar-refractivity contribution is 1.02. The topological polar surface area (TPSA) is 73.1 Å². The summed E-state index contributed by atoms with van der Waals surface area (Å²) in [6.45, 7) is 0.456. The van der Waals surface area contributed by atoms with Gasteiger partial charge in [0.2, 0.25) is 5.96 Å². The highest BCUT2D eigenvalue weighted by molar-refractivity contribution is 5.94. The van der Waals surface area contributed by atoms with Crippen LogP contribution in [0.2, 0.25) is 0 Å². The second-order valence-corrected chi connectivity index (χ2v) is 3.75. The summed E-state index contributed by atoms with van der Waals surface area (Å²) in [6.07, 6.45) is 5.32. The Morgan fingerprint density at radius 2 is 2.05 bits per heavy atom. The van der Waals surface area contributed by atoms with Crippen molar-refractivity contribution >= 4 is 11.6 Å². The summed E-state index contributed by atoms with van der Waals surface area (Å²) >= 11 is 0. The van der Waals surface area contributed by atoms with Crippen molar-refractivity contribution in [1.29, 1.82) is 5.26 Å². The van der Waals surface area contributed by atoms with Gasteiger partial charge in [0.05, 0.1) is 6.54 Å². The minimum Gasteiger partial charge on any atom is -0.326 e. The fourth-order valence-electron chi connectivity index (χ4n) is 1.48. The number of para-hydroxylation sites is 1. The first kappa shape index (κ1) is 12.6. The van der Waals surface area contributed by atoms with Crippen molar-refractivity contribution in [2.75, 3.05) is 5.32 Å². The summed E-state index contributed by atoms with van der Waals surface area (Å²) in [5.74, 6) is 0.414. The standard InChI is InChI=1S/C14H13N5/c15-11-18-14(19-13-6-2-1-3-7-13)17-10-12-5-4-8-16-9-12/h1-9H,10H2,(H2,17,18,19). The van der Waals surface area contributed by atoms with E-state index in [0.29, 0.717) is 12.5 Å². The first-order chi connectivity index (χ1) is 9.38. The summed E-state index contributed by atoms with van der Waals surface area (Å²) in [5, 5.41) is 14.3. The smallest absolute Gasteiger partial charge is 0.209 e. The minimum absolute atomic E-state index is 0.414. The molecule has 2 N–H and O–H groups in total. The Morgan fingerprint density at radius 3 is 2.74 bits per heavy atom. The first-order valence-electron chi connectivity index (χ1n) is 5.79. The van der Waals surface area contributed by atoms with Crippen molar-refractivity contribution in [3.63, 3.8) is 0 Å². The van der Waals surface area contributed by atoms with Crippen molar-refractivity contribution in [3.05, 3.63) is 60.4 Å². The molecule has 0 fully saturated rings. The van der Waals surface area contributed by atoms with E-state index in [1.807, 2.05) is 48.7 Å². The number of hydrogen-bond donors (Lipinski definition) is 2. The van der Waals surface area contributed by atoms with E-state index in [2.05, 4.69) is 20.6 Å². The maximum atomic E-state index is 8.72. The summed E-state index contributed by atoms with van der Waals surface area (Å²) in [7, 11) is 0. The van der Waals surface area contributed by atoms with Gasteiger partial charge in [0, 0.05) is 18.1 Å². The quantitative estimate of drug-likeness (QED) is 0.379. The molecule has 0 spiro atoms. The first-order valence-corrected chi connectivity index (χ1v) is 5.79. The molecule has 1 heterocycles. The lowest BCUT2D eigenvalue weighted by Crippen LogP contribution is -2.26. The molecule has 19 heavy (non-hydrogen) atoms. The van der Waals surface area contributed by atoms with Gasteiger partial charge in [0.15, 0.2) is 6.19 Å². The van der Waals surface area contributed by atoms with Gasteiger partial charge in [-0.05, 0) is 23.8 Å². The number of nitriles is 1. The van der Waals surface area contributed by atoms with Crippen molar-refractivity contribution in [1.82, 2.24) is 10.3 Å². The number of anilines is 1. The Labute approximate surface area is 111 Å². The van der Waals surface area contributed by atoms with E-state index < -0.39 is 0 Å². The zero-order chi connectivity index (χ0) is 13.3. The van der Waals surface area contributed by atoms with Gasteiger partial charge in [-0.15, -0.1) is 0 Å². The molecule has 0 atom stereocenters. The Bertz CT molecular complexity index is 572. The third kappa shape index (κ3) is 4.13. The van der Waals surface area contributed by atoms with Gasteiger partial charge >= 0.3 is 0 Å². The molecule has 5 heteroatoms. The van der Waals surface area contributed by atoms with Gasteiger partial charge in [0.1, 0.15) is 0 Å². The van der Waals surface area contributed by atoms with Crippen molar-refractivity contribution in [2.24, 2.45) is 4.99 Å². The van der Waals surface area contributed by atoms with Gasteiger partial charge in [-0.3, -0.25) is 10.3 Å². The van der Waals surface area contributed by atoms with Crippen LogP contribution in [0.3, 0.4) is 0 Å². The number of nitrogens with one attached hydrogen (secondary N) is 2. The van der Waals surface area contributed by atoms with E-state index in [1.54, 1.807) is 12.4 Å². The third-order valence-corrected chi connectivity index (χ3v) is 2.35. The van der Waals surface area contributed by atoms with Crippen LogP contribution in [0.15, 0.2) is 59.9 Å². The third-order valence-electron chi connectivity index (χ3n) is 2.35. The number of aromatic nitrogens is 1. The van der Waals surface area contributed by atoms with Gasteiger partial charge in [-0.25, -0.2) is 4.99 Å². The van der Waals surface area contributed by atoms with Crippen molar-refractivity contribution in [3.8, 4) is 6.19 Å². The predicted molar refractivity (Wildman–Crippen MR) is 74.2 cm³/mol. The van der Waals surface area contributed by atoms with Gasteiger partial charge in [-0.2, -0.15) is 5.26 Å². The molecule has 0 amide bonds. The number of benzene rings is 1. The number of pyridine rings is 1. The van der Waals surface area contributed by atoms with Crippen LogP contribution in [0.1, 0.15) is 5.56 Å². The molecule has 0 bridgehead atoms. The van der Waals surface area contributed by atoms with E-state index in [-0.39, 0.29) is 0 Å². The van der Waals surface area contributed by atoms with Crippen molar-refractivity contribution < 1.29 is 0 Å². The largest absolute Gasteiger partial charge is 0.326 e. The minimum atomic E-state index is 0.414. The Balaban J connectivity index is 2.05. The lowest BCUT2D eigenvalue weighted by Gasteiger charge is -2.07. The zero-order valence-corrected chi connectivity index (χ0v) is 10.2. The fourth-order valence-corrected chi connectivity index (χ4v) is 1.48. The van der Waals surface area contributed by atoms with Gasteiger partial charge in [-0.1, -0.05) is 24.3 Å². The Hall–Kier alpha value is -2.87. The SMILES string of the molecule is N#CNC(=NCc1cccnc1)Nc1ccccc1. The number of aliphatic imine (C=N–C) groups is 1. The second kappa shape index (κ2) is 6.77. The molecule has 0 aliphatic carbocycles. The van der Waals surface area contributed by atoms with Crippen LogP contribution in [0.25, 0.3) is 0 Å². The monoisotopic (exact) mass is 251 g/mol. The molecule has 2 aromatic rings. The molecule has 94 valence electrons. The maximum absolute atomic E-state index is 8.72. The van der Waals surface area contributed by atoms with E-state index in [4.69, 9.17) is 5.26 Å². The molecule has 0 unspecified atom stereocenters. The average Bonchev–Trinajstić information content (AvgIpc) is 2.47. The van der Waals surface area contributed by atoms with Crippen LogP contribution in [-0.2, 0) is 6.54 Å². The van der Waals surface area contributed by atoms with Gasteiger partial charge in [0.25, 0.3) is 0 Å². The van der Waals surface area contributed by atoms with Crippen LogP contribution < -0.4 is 10.6 Å². The molecule has 5 nitrogen and oxygen atoms in total. The highest BCUT2D eigenvalue weighted by Crippen LogP contribution is 2.05. The number of guanidine groups is 1. The fraction of sp³-hybridized carbons (Fsp3) is 0.0714. The zero-order valence-electron chi connectivity index (χ0n) is 10.2. The van der Waals surface area contributed by atoms with Crippen LogP contribution in [-0.4, -0.2) is 10.9 Å². The Kier molecular flexibility index (Phi) is 4.48. The molecule has 0 aliphatic heterocycles. The van der Waals surface area contributed by atoms with Crippen LogP contribution in [0.4, 0.5) is 5.69 Å². The van der Waals surface area contributed by atoms with E-state index >= 15 is 0 Å². The normalized spacial score (nSPS) is 10.6. The van der Waals surface area contributed by atoms with E-state index in [9.17, 15) is 0 Å². The van der Waals surface area contributed by atoms with E-state index in [1.165, 1.54) is 0 Å². The summed E-state index contributed by atoms with van der Waals surface area (Å²) in [6, 6.07) is 13.3. The molecular formula is C14H13N5. The summed E-state index contributed by atoms with van der Waals surface area (Å²) in [4.78, 5) is 8.33. The molecule has 0 radical (unpaired) electrons. The van der Waals surface area contributed by atoms with E-state index in [0.717, 1.165) is 11.3 Å². The molecule has 2 rings (SSSR count). The predicted octanol–water partition coefficient (Wildman–Crippen LogP) is 2.12. The molecule has 0 saturated carbocycles. The molecular weight excluding hydrogens is 238 g/mol. The van der Waals surface area contributed by atoms with Crippen LogP contribution in [0.5, 0.6) is 0 Å². The molecule has 0 aliphatic rings. The Morgan fingerprint density at radius 1 is 1.21 bits per heavy atom. The lowest BCUT2D eigenvalue weighted by atomic mass is 10.3. The molecule has 0 saturated heterocycles. The number of rotatable bonds is 3. The maximum Gasteiger partial charge on any atom is 0.209 e. The number of nitrogens with zero attached hydrogens (tertiary/aromatic N) is 3. The second-order valence-electron chi connectivity index (χ2n) is 3.75. The van der Waals surface area contributed by atoms with Gasteiger partial charge < -0.3 is 5.32 Å². The van der Waals surface area contributed by atoms with Crippen LogP contribution in [0, 0.1) is 11.5 Å². The summed E-state index contributed by atoms with van der Waals surface area (Å²) in [5.41, 5.74) is 1.85. The average molecular weight is 251 g/mol.